The standard InChI is InChI=1S/C14H16N4O4/c1-9-7-11(19)16-12(15-9)17-13(20)18-14(21)22-8-10-5-3-2-4-6-10/h2-7,11,19H,8H2,1H3,(H3,15,16,17,18,20,21). The van der Waals surface area contributed by atoms with Crippen LogP contribution in [0.4, 0.5) is 9.59 Å². The SMILES string of the molecule is CC1=CC(O)N=C(NC(=O)NC(=O)OCc2ccccc2)N1. The summed E-state index contributed by atoms with van der Waals surface area (Å²) in [4.78, 5) is 26.8. The largest absolute Gasteiger partial charge is 0.444 e. The van der Waals surface area contributed by atoms with E-state index >= 15 is 0 Å². The first-order valence-electron chi connectivity index (χ1n) is 6.53. The van der Waals surface area contributed by atoms with E-state index in [2.05, 4.69) is 15.6 Å². The Morgan fingerprint density at radius 1 is 1.36 bits per heavy atom. The van der Waals surface area contributed by atoms with Crippen LogP contribution >= 0.6 is 0 Å². The van der Waals surface area contributed by atoms with Crippen molar-refractivity contribution in [2.45, 2.75) is 19.8 Å². The molecular formula is C14H16N4O4. The van der Waals surface area contributed by atoms with Crippen molar-refractivity contribution in [2.24, 2.45) is 4.99 Å². The molecule has 1 aromatic carbocycles. The number of imide groups is 1. The summed E-state index contributed by atoms with van der Waals surface area (Å²) >= 11 is 0. The van der Waals surface area contributed by atoms with E-state index in [1.165, 1.54) is 6.08 Å². The maximum Gasteiger partial charge on any atom is 0.415 e. The maximum absolute atomic E-state index is 11.6. The Bertz CT molecular complexity index is 613. The Balaban J connectivity index is 1.76. The molecule has 4 N–H and O–H groups in total. The molecule has 1 aromatic rings. The number of aliphatic hydroxyl groups excluding tert-OH is 1. The van der Waals surface area contributed by atoms with Gasteiger partial charge in [-0.3, -0.25) is 5.32 Å². The molecule has 1 heterocycles. The Kier molecular flexibility index (Phi) is 5.10. The normalized spacial score (nSPS) is 16.7. The van der Waals surface area contributed by atoms with Gasteiger partial charge in [0.05, 0.1) is 0 Å². The fourth-order valence-corrected chi connectivity index (χ4v) is 1.71. The van der Waals surface area contributed by atoms with Gasteiger partial charge in [-0.05, 0) is 18.6 Å². The molecule has 1 aliphatic rings. The number of ether oxygens (including phenoxy) is 1. The lowest BCUT2D eigenvalue weighted by atomic mass is 10.2. The zero-order valence-electron chi connectivity index (χ0n) is 11.9. The van der Waals surface area contributed by atoms with E-state index in [4.69, 9.17) is 4.74 Å². The third-order valence-electron chi connectivity index (χ3n) is 2.64. The molecule has 1 aliphatic heterocycles. The molecule has 22 heavy (non-hydrogen) atoms. The lowest BCUT2D eigenvalue weighted by Crippen LogP contribution is -2.48. The van der Waals surface area contributed by atoms with Crippen molar-refractivity contribution in [3.05, 3.63) is 47.7 Å². The lowest BCUT2D eigenvalue weighted by Gasteiger charge is -2.17. The molecule has 0 aromatic heterocycles. The van der Waals surface area contributed by atoms with Crippen LogP contribution in [0.5, 0.6) is 0 Å². The van der Waals surface area contributed by atoms with Crippen molar-refractivity contribution >= 4 is 18.1 Å². The summed E-state index contributed by atoms with van der Waals surface area (Å²) in [5.41, 5.74) is 1.43. The van der Waals surface area contributed by atoms with Crippen LogP contribution in [-0.2, 0) is 11.3 Å². The van der Waals surface area contributed by atoms with Gasteiger partial charge in [-0.1, -0.05) is 30.3 Å². The number of rotatable bonds is 2. The number of guanidine groups is 1. The summed E-state index contributed by atoms with van der Waals surface area (Å²) in [5, 5.41) is 16.4. The number of allylic oxidation sites excluding steroid dienone is 1. The number of urea groups is 1. The highest BCUT2D eigenvalue weighted by atomic mass is 16.5. The van der Waals surface area contributed by atoms with Crippen LogP contribution in [0.1, 0.15) is 12.5 Å². The summed E-state index contributed by atoms with van der Waals surface area (Å²) in [6.07, 6.45) is -0.454. The van der Waals surface area contributed by atoms with Gasteiger partial charge in [-0.25, -0.2) is 19.9 Å². The van der Waals surface area contributed by atoms with Crippen molar-refractivity contribution < 1.29 is 19.4 Å². The van der Waals surface area contributed by atoms with E-state index in [9.17, 15) is 14.7 Å². The highest BCUT2D eigenvalue weighted by Gasteiger charge is 2.15. The smallest absolute Gasteiger partial charge is 0.415 e. The minimum atomic E-state index is -1.04. The zero-order chi connectivity index (χ0) is 15.9. The van der Waals surface area contributed by atoms with Crippen molar-refractivity contribution in [3.8, 4) is 0 Å². The number of aliphatic imine (C=N–C) groups is 1. The van der Waals surface area contributed by atoms with Gasteiger partial charge in [-0.15, -0.1) is 0 Å². The summed E-state index contributed by atoms with van der Waals surface area (Å²) in [6, 6.07) is 8.26. The molecule has 2 rings (SSSR count). The van der Waals surface area contributed by atoms with Gasteiger partial charge in [0, 0.05) is 5.70 Å². The molecule has 0 aliphatic carbocycles. The van der Waals surface area contributed by atoms with Gasteiger partial charge in [0.25, 0.3) is 0 Å². The lowest BCUT2D eigenvalue weighted by molar-refractivity contribution is 0.141. The van der Waals surface area contributed by atoms with Gasteiger partial charge in [0.2, 0.25) is 5.96 Å². The van der Waals surface area contributed by atoms with E-state index in [0.717, 1.165) is 5.56 Å². The number of carbonyl (C=O) groups is 2. The molecule has 0 saturated heterocycles. The fraction of sp³-hybridized carbons (Fsp3) is 0.214. The molecule has 8 heteroatoms. The number of benzene rings is 1. The average molecular weight is 304 g/mol. The predicted molar refractivity (Wildman–Crippen MR) is 78.6 cm³/mol. The van der Waals surface area contributed by atoms with Gasteiger partial charge in [-0.2, -0.15) is 0 Å². The number of amides is 3. The Labute approximate surface area is 126 Å². The van der Waals surface area contributed by atoms with Crippen LogP contribution < -0.4 is 16.0 Å². The van der Waals surface area contributed by atoms with Gasteiger partial charge in [0.15, 0.2) is 6.23 Å². The van der Waals surface area contributed by atoms with Crippen molar-refractivity contribution in [1.29, 1.82) is 0 Å². The number of nitrogens with zero attached hydrogens (tertiary/aromatic N) is 1. The van der Waals surface area contributed by atoms with E-state index < -0.39 is 18.4 Å². The Morgan fingerprint density at radius 2 is 2.09 bits per heavy atom. The van der Waals surface area contributed by atoms with Crippen molar-refractivity contribution in [1.82, 2.24) is 16.0 Å². The van der Waals surface area contributed by atoms with Crippen LogP contribution in [0.2, 0.25) is 0 Å². The topological polar surface area (TPSA) is 112 Å². The summed E-state index contributed by atoms with van der Waals surface area (Å²) < 4.78 is 4.90. The van der Waals surface area contributed by atoms with E-state index in [0.29, 0.717) is 5.70 Å². The molecule has 8 nitrogen and oxygen atoms in total. The molecule has 116 valence electrons. The first-order valence-corrected chi connectivity index (χ1v) is 6.53. The molecule has 1 unspecified atom stereocenters. The Morgan fingerprint density at radius 3 is 2.77 bits per heavy atom. The Hall–Kier alpha value is -2.87. The summed E-state index contributed by atoms with van der Waals surface area (Å²) in [5.74, 6) is 0.0425. The molecule has 0 radical (unpaired) electrons. The minimum absolute atomic E-state index is 0.0425. The number of alkyl carbamates (subject to hydrolysis) is 1. The third-order valence-corrected chi connectivity index (χ3v) is 2.64. The molecule has 0 saturated carbocycles. The van der Waals surface area contributed by atoms with Gasteiger partial charge in [0.1, 0.15) is 6.61 Å². The molecule has 1 atom stereocenters. The highest BCUT2D eigenvalue weighted by Crippen LogP contribution is 2.01. The number of carbonyl (C=O) groups excluding carboxylic acids is 2. The summed E-state index contributed by atoms with van der Waals surface area (Å²) in [6.45, 7) is 1.76. The number of hydrogen-bond donors (Lipinski definition) is 4. The third kappa shape index (κ3) is 4.91. The van der Waals surface area contributed by atoms with E-state index in [1.807, 2.05) is 23.5 Å². The van der Waals surface area contributed by atoms with Crippen molar-refractivity contribution in [2.75, 3.05) is 0 Å². The van der Waals surface area contributed by atoms with Gasteiger partial charge >= 0.3 is 12.1 Å². The number of aliphatic hydroxyl groups is 1. The molecule has 0 fully saturated rings. The molecule has 0 bridgehead atoms. The predicted octanol–water partition coefficient (Wildman–Crippen LogP) is 0.804. The highest BCUT2D eigenvalue weighted by molar-refractivity contribution is 6.02. The van der Waals surface area contributed by atoms with Gasteiger partial charge < -0.3 is 15.2 Å². The van der Waals surface area contributed by atoms with E-state index in [-0.39, 0.29) is 12.6 Å². The van der Waals surface area contributed by atoms with Crippen LogP contribution in [0.3, 0.4) is 0 Å². The van der Waals surface area contributed by atoms with Crippen LogP contribution in [0.25, 0.3) is 0 Å². The zero-order valence-corrected chi connectivity index (χ0v) is 11.9. The first-order chi connectivity index (χ1) is 10.5. The van der Waals surface area contributed by atoms with E-state index in [1.54, 1.807) is 19.1 Å². The summed E-state index contributed by atoms with van der Waals surface area (Å²) in [7, 11) is 0. The number of nitrogens with one attached hydrogen (secondary N) is 3. The van der Waals surface area contributed by atoms with Crippen molar-refractivity contribution in [3.63, 3.8) is 0 Å². The second kappa shape index (κ2) is 7.23. The fourth-order valence-electron chi connectivity index (χ4n) is 1.71. The maximum atomic E-state index is 11.6. The monoisotopic (exact) mass is 304 g/mol. The quantitative estimate of drug-likeness (QED) is 0.646. The number of hydrogen-bond acceptors (Lipinski definition) is 6. The van der Waals surface area contributed by atoms with Crippen LogP contribution in [-0.4, -0.2) is 29.4 Å². The molecular weight excluding hydrogens is 288 g/mol. The van der Waals surface area contributed by atoms with Crippen LogP contribution in [0, 0.1) is 0 Å². The van der Waals surface area contributed by atoms with Crippen LogP contribution in [0.15, 0.2) is 47.1 Å². The molecule has 0 spiro atoms. The second-order valence-electron chi connectivity index (χ2n) is 4.51. The minimum Gasteiger partial charge on any atom is -0.444 e. The first kappa shape index (κ1) is 15.5. The average Bonchev–Trinajstić information content (AvgIpc) is 2.45. The second-order valence-corrected chi connectivity index (χ2v) is 4.51. The molecule has 3 amide bonds.